The third kappa shape index (κ3) is 3.19. The highest BCUT2D eigenvalue weighted by Crippen LogP contribution is 2.29. The number of hydrogen-bond donors (Lipinski definition) is 2. The number of hydrogen-bond acceptors (Lipinski definition) is 2. The molecule has 0 aromatic rings. The maximum Gasteiger partial charge on any atom is 0.244 e. The van der Waals surface area contributed by atoms with Crippen LogP contribution in [0.1, 0.15) is 34.6 Å². The molecule has 1 amide bonds. The van der Waals surface area contributed by atoms with Gasteiger partial charge in [0.05, 0.1) is 0 Å². The second-order valence-electron chi connectivity index (χ2n) is 4.72. The molecule has 0 radical (unpaired) electrons. The molecule has 0 saturated carbocycles. The Morgan fingerprint density at radius 2 is 1.62 bits per heavy atom. The lowest BCUT2D eigenvalue weighted by Gasteiger charge is -2.36. The van der Waals surface area contributed by atoms with Gasteiger partial charge in [0.2, 0.25) is 5.91 Å². The van der Waals surface area contributed by atoms with Crippen molar-refractivity contribution in [1.82, 2.24) is 0 Å². The normalized spacial score (nSPS) is 18.2. The number of rotatable bonds is 2. The molecule has 4 N–H and O–H groups in total. The van der Waals surface area contributed by atoms with Gasteiger partial charge >= 0.3 is 0 Å². The van der Waals surface area contributed by atoms with E-state index in [1.54, 1.807) is 13.0 Å². The summed E-state index contributed by atoms with van der Waals surface area (Å²) >= 11 is 0. The Kier molecular flexibility index (Phi) is 3.28. The maximum absolute atomic E-state index is 10.8. The number of carbonyl (C=O) groups excluding carboxylic acids is 1. The molecule has 0 aromatic carbocycles. The van der Waals surface area contributed by atoms with Crippen LogP contribution in [0.4, 0.5) is 0 Å². The van der Waals surface area contributed by atoms with E-state index in [1.807, 2.05) is 27.7 Å². The minimum atomic E-state index is -0.522. The fourth-order valence-corrected chi connectivity index (χ4v) is 0.737. The molecule has 0 heterocycles. The average molecular weight is 184 g/mol. The van der Waals surface area contributed by atoms with E-state index in [4.69, 9.17) is 11.5 Å². The summed E-state index contributed by atoms with van der Waals surface area (Å²) < 4.78 is 0. The van der Waals surface area contributed by atoms with Crippen LogP contribution in [-0.2, 0) is 4.79 Å². The number of primary amides is 1. The summed E-state index contributed by atoms with van der Waals surface area (Å²) in [5.74, 6) is -0.416. The monoisotopic (exact) mass is 184 g/mol. The van der Waals surface area contributed by atoms with E-state index in [0.717, 1.165) is 0 Å². The molecular weight excluding hydrogens is 164 g/mol. The lowest BCUT2D eigenvalue weighted by Crippen LogP contribution is -2.47. The molecule has 0 aliphatic rings. The van der Waals surface area contributed by atoms with Crippen molar-refractivity contribution in [3.05, 3.63) is 11.6 Å². The summed E-state index contributed by atoms with van der Waals surface area (Å²) in [6.07, 6.45) is 1.73. The molecule has 0 aliphatic carbocycles. The number of carbonyl (C=O) groups is 1. The largest absolute Gasteiger partial charge is 0.366 e. The van der Waals surface area contributed by atoms with E-state index < -0.39 is 11.4 Å². The Hall–Kier alpha value is -0.830. The summed E-state index contributed by atoms with van der Waals surface area (Å²) in [5, 5.41) is 0. The minimum absolute atomic E-state index is 0.0935. The van der Waals surface area contributed by atoms with Gasteiger partial charge in [-0.1, -0.05) is 26.8 Å². The first-order valence-electron chi connectivity index (χ1n) is 4.36. The highest BCUT2D eigenvalue weighted by atomic mass is 16.1. The van der Waals surface area contributed by atoms with Gasteiger partial charge in [-0.2, -0.15) is 0 Å². The summed E-state index contributed by atoms with van der Waals surface area (Å²) in [7, 11) is 0. The van der Waals surface area contributed by atoms with Gasteiger partial charge in [-0.15, -0.1) is 0 Å². The van der Waals surface area contributed by atoms with Crippen LogP contribution in [0.3, 0.4) is 0 Å². The summed E-state index contributed by atoms with van der Waals surface area (Å²) in [6, 6.07) is 0. The molecule has 13 heavy (non-hydrogen) atoms. The van der Waals surface area contributed by atoms with Crippen molar-refractivity contribution in [3.8, 4) is 0 Å². The third-order valence-corrected chi connectivity index (χ3v) is 2.52. The summed E-state index contributed by atoms with van der Waals surface area (Å²) in [5.41, 5.74) is 11.1. The van der Waals surface area contributed by atoms with Gasteiger partial charge in [0.15, 0.2) is 0 Å². The zero-order valence-electron chi connectivity index (χ0n) is 9.14. The molecule has 0 aromatic heterocycles. The molecular formula is C10H20N2O. The molecule has 0 aliphatic heterocycles. The van der Waals surface area contributed by atoms with Crippen molar-refractivity contribution in [2.45, 2.75) is 40.2 Å². The van der Waals surface area contributed by atoms with Crippen LogP contribution < -0.4 is 11.5 Å². The molecule has 76 valence electrons. The Morgan fingerprint density at radius 1 is 1.23 bits per heavy atom. The van der Waals surface area contributed by atoms with Crippen molar-refractivity contribution in [3.63, 3.8) is 0 Å². The summed E-state index contributed by atoms with van der Waals surface area (Å²) in [6.45, 7) is 9.64. The first-order valence-corrected chi connectivity index (χ1v) is 4.36. The van der Waals surface area contributed by atoms with Gasteiger partial charge in [-0.25, -0.2) is 0 Å². The molecule has 0 bridgehead atoms. The van der Waals surface area contributed by atoms with E-state index >= 15 is 0 Å². The van der Waals surface area contributed by atoms with Crippen LogP contribution in [0, 0.1) is 5.41 Å². The van der Waals surface area contributed by atoms with Crippen molar-refractivity contribution in [2.75, 3.05) is 0 Å². The van der Waals surface area contributed by atoms with Crippen molar-refractivity contribution in [1.29, 1.82) is 0 Å². The van der Waals surface area contributed by atoms with Crippen LogP contribution in [0.25, 0.3) is 0 Å². The first-order chi connectivity index (χ1) is 5.58. The van der Waals surface area contributed by atoms with Crippen molar-refractivity contribution >= 4 is 5.91 Å². The van der Waals surface area contributed by atoms with E-state index in [1.165, 1.54) is 0 Å². The molecule has 3 nitrogen and oxygen atoms in total. The topological polar surface area (TPSA) is 69.1 Å². The zero-order chi connectivity index (χ0) is 10.9. The quantitative estimate of drug-likeness (QED) is 0.633. The predicted octanol–water partition coefficient (Wildman–Crippen LogP) is 1.18. The second-order valence-corrected chi connectivity index (χ2v) is 4.72. The minimum Gasteiger partial charge on any atom is -0.366 e. The van der Waals surface area contributed by atoms with Gasteiger partial charge < -0.3 is 11.5 Å². The fraction of sp³-hybridized carbons (Fsp3) is 0.700. The molecule has 0 fully saturated rings. The Morgan fingerprint density at radius 3 is 1.85 bits per heavy atom. The first kappa shape index (κ1) is 12.2. The highest BCUT2D eigenvalue weighted by Gasteiger charge is 2.31. The van der Waals surface area contributed by atoms with Gasteiger partial charge in [-0.05, 0) is 19.3 Å². The number of nitrogens with two attached hydrogens (primary N) is 2. The van der Waals surface area contributed by atoms with Gasteiger partial charge in [0.1, 0.15) is 0 Å². The van der Waals surface area contributed by atoms with Gasteiger partial charge in [0.25, 0.3) is 0 Å². The van der Waals surface area contributed by atoms with Gasteiger partial charge in [-0.3, -0.25) is 4.79 Å². The Balaban J connectivity index is 4.89. The van der Waals surface area contributed by atoms with Crippen LogP contribution in [0.2, 0.25) is 0 Å². The maximum atomic E-state index is 10.8. The molecule has 0 saturated heterocycles. The highest BCUT2D eigenvalue weighted by molar-refractivity contribution is 5.91. The molecule has 0 spiro atoms. The van der Waals surface area contributed by atoms with Gasteiger partial charge in [0, 0.05) is 11.1 Å². The van der Waals surface area contributed by atoms with Crippen molar-refractivity contribution in [2.24, 2.45) is 16.9 Å². The summed E-state index contributed by atoms with van der Waals surface area (Å²) in [4.78, 5) is 10.8. The standard InChI is InChI=1S/C10H20N2O/c1-7(8(11)13)6-10(5,12)9(2,3)4/h6H,12H2,1-5H3,(H2,11,13). The van der Waals surface area contributed by atoms with Crippen LogP contribution in [-0.4, -0.2) is 11.4 Å². The molecule has 1 atom stereocenters. The molecule has 0 rings (SSSR count). The lowest BCUT2D eigenvalue weighted by atomic mass is 9.75. The SMILES string of the molecule is CC(=CC(C)(N)C(C)(C)C)C(N)=O. The Labute approximate surface area is 80.2 Å². The number of amides is 1. The second kappa shape index (κ2) is 3.50. The smallest absolute Gasteiger partial charge is 0.244 e. The molecule has 1 unspecified atom stereocenters. The van der Waals surface area contributed by atoms with E-state index in [0.29, 0.717) is 5.57 Å². The third-order valence-electron chi connectivity index (χ3n) is 2.52. The van der Waals surface area contributed by atoms with Crippen LogP contribution in [0.15, 0.2) is 11.6 Å². The Bertz CT molecular complexity index is 234. The van der Waals surface area contributed by atoms with E-state index in [9.17, 15) is 4.79 Å². The lowest BCUT2D eigenvalue weighted by molar-refractivity contribution is -0.114. The van der Waals surface area contributed by atoms with E-state index in [2.05, 4.69) is 0 Å². The van der Waals surface area contributed by atoms with Crippen LogP contribution >= 0.6 is 0 Å². The molecule has 3 heteroatoms. The van der Waals surface area contributed by atoms with Crippen LogP contribution in [0.5, 0.6) is 0 Å². The predicted molar refractivity (Wildman–Crippen MR) is 55.0 cm³/mol. The average Bonchev–Trinajstić information content (AvgIpc) is 1.83. The fourth-order valence-electron chi connectivity index (χ4n) is 0.737. The van der Waals surface area contributed by atoms with E-state index in [-0.39, 0.29) is 5.41 Å². The van der Waals surface area contributed by atoms with Crippen molar-refractivity contribution < 1.29 is 4.79 Å². The zero-order valence-corrected chi connectivity index (χ0v) is 9.14.